The number of alkyl halides is 3. The predicted molar refractivity (Wildman–Crippen MR) is 46.5 cm³/mol. The van der Waals surface area contributed by atoms with Crippen LogP contribution in [0.25, 0.3) is 0 Å². The zero-order valence-corrected chi connectivity index (χ0v) is 8.69. The Morgan fingerprint density at radius 2 is 2.07 bits per heavy atom. The zero-order chi connectivity index (χ0) is 11.6. The molecule has 0 radical (unpaired) electrons. The molecule has 0 spiro atoms. The third-order valence-corrected chi connectivity index (χ3v) is 1.82. The third-order valence-electron chi connectivity index (χ3n) is 1.42. The molecule has 84 valence electrons. The van der Waals surface area contributed by atoms with Gasteiger partial charge in [0.25, 0.3) is 0 Å². The summed E-state index contributed by atoms with van der Waals surface area (Å²) < 4.78 is 52.2. The van der Waals surface area contributed by atoms with E-state index in [1.165, 1.54) is 0 Å². The molecular formula is C7H5BrF4N2O. The molecule has 0 bridgehead atoms. The number of rotatable bonds is 2. The van der Waals surface area contributed by atoms with Gasteiger partial charge in [-0.2, -0.15) is 0 Å². The van der Waals surface area contributed by atoms with E-state index >= 15 is 0 Å². The molecule has 15 heavy (non-hydrogen) atoms. The van der Waals surface area contributed by atoms with E-state index in [4.69, 9.17) is 5.73 Å². The lowest BCUT2D eigenvalue weighted by molar-refractivity contribution is -0.276. The Kier molecular flexibility index (Phi) is 3.50. The molecule has 0 amide bonds. The van der Waals surface area contributed by atoms with Crippen LogP contribution in [0.15, 0.2) is 10.7 Å². The van der Waals surface area contributed by atoms with Crippen LogP contribution in [0.2, 0.25) is 0 Å². The van der Waals surface area contributed by atoms with Crippen LogP contribution >= 0.6 is 15.9 Å². The Labute approximate surface area is 90.4 Å². The fourth-order valence-electron chi connectivity index (χ4n) is 0.869. The highest BCUT2D eigenvalue weighted by atomic mass is 79.9. The number of hydrogen-bond donors (Lipinski definition) is 1. The standard InChI is InChI=1S/C7H5BrF4N2O/c8-5-1-4(9)3(2-13)6(14-5)15-7(10,11)12/h1H,2,13H2. The fraction of sp³-hybridized carbons (Fsp3) is 0.286. The predicted octanol–water partition coefficient (Wildman–Crippen LogP) is 2.34. The van der Waals surface area contributed by atoms with Crippen molar-refractivity contribution in [3.05, 3.63) is 22.1 Å². The molecule has 0 saturated heterocycles. The average molecular weight is 289 g/mol. The molecule has 0 aliphatic carbocycles. The Hall–Kier alpha value is -0.890. The summed E-state index contributed by atoms with van der Waals surface area (Å²) in [7, 11) is 0. The highest BCUT2D eigenvalue weighted by molar-refractivity contribution is 9.10. The number of ether oxygens (including phenoxy) is 1. The molecule has 0 aliphatic heterocycles. The van der Waals surface area contributed by atoms with Crippen LogP contribution < -0.4 is 10.5 Å². The quantitative estimate of drug-likeness (QED) is 0.671. The van der Waals surface area contributed by atoms with Crippen molar-refractivity contribution in [2.24, 2.45) is 5.73 Å². The summed E-state index contributed by atoms with van der Waals surface area (Å²) in [4.78, 5) is 3.34. The molecule has 3 nitrogen and oxygen atoms in total. The lowest BCUT2D eigenvalue weighted by atomic mass is 10.2. The molecule has 0 atom stereocenters. The van der Waals surface area contributed by atoms with Gasteiger partial charge in [0.05, 0.1) is 5.56 Å². The number of hydrogen-bond acceptors (Lipinski definition) is 3. The van der Waals surface area contributed by atoms with Crippen LogP contribution in [0.4, 0.5) is 17.6 Å². The van der Waals surface area contributed by atoms with Gasteiger partial charge in [-0.05, 0) is 15.9 Å². The molecule has 0 saturated carbocycles. The van der Waals surface area contributed by atoms with E-state index < -0.39 is 30.2 Å². The summed E-state index contributed by atoms with van der Waals surface area (Å²) >= 11 is 2.74. The molecule has 1 aromatic rings. The van der Waals surface area contributed by atoms with E-state index in [0.717, 1.165) is 6.07 Å². The lowest BCUT2D eigenvalue weighted by Gasteiger charge is -2.11. The van der Waals surface area contributed by atoms with Gasteiger partial charge in [-0.3, -0.25) is 0 Å². The van der Waals surface area contributed by atoms with Crippen LogP contribution in [0.5, 0.6) is 5.88 Å². The van der Waals surface area contributed by atoms with Gasteiger partial charge in [0, 0.05) is 12.6 Å². The number of halogens is 5. The van der Waals surface area contributed by atoms with Gasteiger partial charge in [0.2, 0.25) is 5.88 Å². The Balaban J connectivity index is 3.15. The maximum Gasteiger partial charge on any atom is 0.574 e. The number of nitrogens with two attached hydrogens (primary N) is 1. The minimum absolute atomic E-state index is 0.101. The van der Waals surface area contributed by atoms with Crippen LogP contribution in [0.1, 0.15) is 5.56 Å². The van der Waals surface area contributed by atoms with Crippen molar-refractivity contribution >= 4 is 15.9 Å². The van der Waals surface area contributed by atoms with Crippen molar-refractivity contribution in [2.75, 3.05) is 0 Å². The lowest BCUT2D eigenvalue weighted by Crippen LogP contribution is -2.20. The van der Waals surface area contributed by atoms with Crippen LogP contribution in [0, 0.1) is 5.82 Å². The van der Waals surface area contributed by atoms with Crippen LogP contribution in [-0.4, -0.2) is 11.3 Å². The van der Waals surface area contributed by atoms with E-state index in [-0.39, 0.29) is 4.60 Å². The SMILES string of the molecule is NCc1c(F)cc(Br)nc1OC(F)(F)F. The second-order valence-corrected chi connectivity index (χ2v) is 3.27. The second-order valence-electron chi connectivity index (χ2n) is 2.46. The smallest absolute Gasteiger partial charge is 0.387 e. The molecule has 0 fully saturated rings. The number of pyridine rings is 1. The molecule has 2 N–H and O–H groups in total. The van der Waals surface area contributed by atoms with Crippen molar-refractivity contribution in [2.45, 2.75) is 12.9 Å². The van der Waals surface area contributed by atoms with Gasteiger partial charge in [-0.15, -0.1) is 13.2 Å². The fourth-order valence-corrected chi connectivity index (χ4v) is 1.23. The maximum absolute atomic E-state index is 13.1. The second kappa shape index (κ2) is 4.31. The Bertz CT molecular complexity index is 369. The van der Waals surface area contributed by atoms with Crippen molar-refractivity contribution in [3.8, 4) is 5.88 Å². The van der Waals surface area contributed by atoms with Crippen molar-refractivity contribution in [1.29, 1.82) is 0 Å². The van der Waals surface area contributed by atoms with Crippen molar-refractivity contribution in [1.82, 2.24) is 4.98 Å². The summed E-state index contributed by atoms with van der Waals surface area (Å²) in [6, 6.07) is 0.908. The van der Waals surface area contributed by atoms with Crippen molar-refractivity contribution < 1.29 is 22.3 Å². The zero-order valence-electron chi connectivity index (χ0n) is 7.11. The van der Waals surface area contributed by atoms with Gasteiger partial charge in [-0.1, -0.05) is 0 Å². The minimum Gasteiger partial charge on any atom is -0.387 e. The van der Waals surface area contributed by atoms with E-state index in [1.807, 2.05) is 0 Å². The first-order valence-corrected chi connectivity index (χ1v) is 4.43. The Morgan fingerprint density at radius 3 is 2.53 bits per heavy atom. The summed E-state index contributed by atoms with van der Waals surface area (Å²) in [5, 5.41) is 0. The van der Waals surface area contributed by atoms with E-state index in [2.05, 4.69) is 25.7 Å². The molecule has 8 heteroatoms. The van der Waals surface area contributed by atoms with Crippen LogP contribution in [0.3, 0.4) is 0 Å². The molecular weight excluding hydrogens is 284 g/mol. The topological polar surface area (TPSA) is 48.1 Å². The third kappa shape index (κ3) is 3.31. The van der Waals surface area contributed by atoms with Gasteiger partial charge in [0.15, 0.2) is 0 Å². The highest BCUT2D eigenvalue weighted by Gasteiger charge is 2.33. The summed E-state index contributed by atoms with van der Waals surface area (Å²) in [6.07, 6.45) is -4.93. The number of nitrogens with zero attached hydrogens (tertiary/aromatic N) is 1. The molecule has 1 rings (SSSR count). The first-order chi connectivity index (χ1) is 6.83. The van der Waals surface area contributed by atoms with Gasteiger partial charge < -0.3 is 10.5 Å². The normalized spacial score (nSPS) is 11.6. The molecule has 0 aromatic carbocycles. The van der Waals surface area contributed by atoms with Gasteiger partial charge in [0.1, 0.15) is 10.4 Å². The maximum atomic E-state index is 13.1. The first-order valence-electron chi connectivity index (χ1n) is 3.64. The Morgan fingerprint density at radius 1 is 1.47 bits per heavy atom. The minimum atomic E-state index is -4.93. The summed E-state index contributed by atoms with van der Waals surface area (Å²) in [6.45, 7) is -0.433. The molecule has 1 heterocycles. The number of aromatic nitrogens is 1. The van der Waals surface area contributed by atoms with Gasteiger partial charge in [-0.25, -0.2) is 9.37 Å². The highest BCUT2D eigenvalue weighted by Crippen LogP contribution is 2.27. The van der Waals surface area contributed by atoms with Gasteiger partial charge >= 0.3 is 6.36 Å². The van der Waals surface area contributed by atoms with E-state index in [9.17, 15) is 17.6 Å². The van der Waals surface area contributed by atoms with Crippen LogP contribution in [-0.2, 0) is 6.54 Å². The average Bonchev–Trinajstić information content (AvgIpc) is 1.99. The summed E-state index contributed by atoms with van der Waals surface area (Å²) in [5.41, 5.74) is 4.66. The van der Waals surface area contributed by atoms with Crippen molar-refractivity contribution in [3.63, 3.8) is 0 Å². The summed E-state index contributed by atoms with van der Waals surface area (Å²) in [5.74, 6) is -1.78. The first kappa shape index (κ1) is 12.2. The van der Waals surface area contributed by atoms with E-state index in [0.29, 0.717) is 0 Å². The molecule has 0 unspecified atom stereocenters. The monoisotopic (exact) mass is 288 g/mol. The largest absolute Gasteiger partial charge is 0.574 e. The molecule has 1 aromatic heterocycles. The molecule has 0 aliphatic rings. The van der Waals surface area contributed by atoms with E-state index in [1.54, 1.807) is 0 Å².